The smallest absolute Gasteiger partial charge is 0.335 e. The van der Waals surface area contributed by atoms with Gasteiger partial charge in [0.25, 0.3) is 0 Å². The van der Waals surface area contributed by atoms with Crippen LogP contribution in [0.3, 0.4) is 0 Å². The fraction of sp³-hybridized carbons (Fsp3) is 0.133. The Morgan fingerprint density at radius 1 is 1.25 bits per heavy atom. The molecule has 0 saturated carbocycles. The van der Waals surface area contributed by atoms with Gasteiger partial charge in [0.2, 0.25) is 0 Å². The molecule has 4 nitrogen and oxygen atoms in total. The molecule has 0 fully saturated rings. The normalized spacial score (nSPS) is 10.1. The quantitative estimate of drug-likeness (QED) is 0.880. The standard InChI is InChI=1S/C15H14FNO3/c1-20-12-6-7-13(16)14(8-12)17-9-10-2-4-11(5-3-10)15(18)19/h2-8,17H,9H2,1H3,(H,18,19). The van der Waals surface area contributed by atoms with Crippen molar-refractivity contribution in [2.75, 3.05) is 12.4 Å². The van der Waals surface area contributed by atoms with E-state index in [-0.39, 0.29) is 11.4 Å². The Labute approximate surface area is 115 Å². The van der Waals surface area contributed by atoms with Gasteiger partial charge in [-0.25, -0.2) is 9.18 Å². The molecule has 0 amide bonds. The molecule has 0 aromatic heterocycles. The fourth-order valence-electron chi connectivity index (χ4n) is 1.73. The van der Waals surface area contributed by atoms with Crippen LogP contribution >= 0.6 is 0 Å². The van der Waals surface area contributed by atoms with Gasteiger partial charge in [0, 0.05) is 12.6 Å². The third kappa shape index (κ3) is 3.26. The van der Waals surface area contributed by atoms with Crippen molar-refractivity contribution in [2.45, 2.75) is 6.54 Å². The molecule has 0 spiro atoms. The van der Waals surface area contributed by atoms with Gasteiger partial charge in [-0.1, -0.05) is 12.1 Å². The Bertz CT molecular complexity index is 611. The second-order valence-electron chi connectivity index (χ2n) is 4.20. The minimum atomic E-state index is -0.969. The summed E-state index contributed by atoms with van der Waals surface area (Å²) in [5, 5.41) is 11.7. The summed E-state index contributed by atoms with van der Waals surface area (Å²) in [4.78, 5) is 10.7. The molecule has 0 atom stereocenters. The summed E-state index contributed by atoms with van der Waals surface area (Å²) in [6.45, 7) is 0.393. The molecule has 0 aliphatic rings. The number of carboxylic acids is 1. The van der Waals surface area contributed by atoms with Crippen molar-refractivity contribution < 1.29 is 19.0 Å². The van der Waals surface area contributed by atoms with Crippen LogP contribution in [0.15, 0.2) is 42.5 Å². The molecule has 5 heteroatoms. The van der Waals surface area contributed by atoms with Gasteiger partial charge in [-0.2, -0.15) is 0 Å². The molecule has 0 radical (unpaired) electrons. The first kappa shape index (κ1) is 13.9. The Morgan fingerprint density at radius 3 is 2.55 bits per heavy atom. The number of carbonyl (C=O) groups is 1. The lowest BCUT2D eigenvalue weighted by molar-refractivity contribution is 0.0697. The number of hydrogen-bond acceptors (Lipinski definition) is 3. The van der Waals surface area contributed by atoms with E-state index in [4.69, 9.17) is 9.84 Å². The lowest BCUT2D eigenvalue weighted by atomic mass is 10.1. The van der Waals surface area contributed by atoms with Crippen LogP contribution in [0.5, 0.6) is 5.75 Å². The van der Waals surface area contributed by atoms with E-state index in [1.807, 2.05) is 0 Å². The third-order valence-electron chi connectivity index (χ3n) is 2.86. The molecule has 0 aliphatic carbocycles. The molecular weight excluding hydrogens is 261 g/mol. The molecule has 104 valence electrons. The number of halogens is 1. The number of nitrogens with one attached hydrogen (secondary N) is 1. The number of benzene rings is 2. The maximum Gasteiger partial charge on any atom is 0.335 e. The topological polar surface area (TPSA) is 58.6 Å². The highest BCUT2D eigenvalue weighted by Crippen LogP contribution is 2.21. The summed E-state index contributed by atoms with van der Waals surface area (Å²) in [5.74, 6) is -0.772. The molecule has 0 saturated heterocycles. The third-order valence-corrected chi connectivity index (χ3v) is 2.86. The summed E-state index contributed by atoms with van der Waals surface area (Å²) in [6.07, 6.45) is 0. The highest BCUT2D eigenvalue weighted by Gasteiger charge is 2.05. The minimum Gasteiger partial charge on any atom is -0.497 e. The second-order valence-corrected chi connectivity index (χ2v) is 4.20. The van der Waals surface area contributed by atoms with Crippen molar-refractivity contribution in [2.24, 2.45) is 0 Å². The van der Waals surface area contributed by atoms with Crippen LogP contribution in [0.2, 0.25) is 0 Å². The van der Waals surface area contributed by atoms with Gasteiger partial charge in [0.1, 0.15) is 11.6 Å². The first-order chi connectivity index (χ1) is 9.60. The van der Waals surface area contributed by atoms with Crippen molar-refractivity contribution in [1.29, 1.82) is 0 Å². The molecule has 0 heterocycles. The maximum absolute atomic E-state index is 13.6. The molecule has 0 unspecified atom stereocenters. The molecule has 2 N–H and O–H groups in total. The molecule has 2 rings (SSSR count). The summed E-state index contributed by atoms with van der Waals surface area (Å²) in [7, 11) is 1.52. The van der Waals surface area contributed by atoms with E-state index in [1.54, 1.807) is 24.3 Å². The SMILES string of the molecule is COc1ccc(F)c(NCc2ccc(C(=O)O)cc2)c1. The lowest BCUT2D eigenvalue weighted by Crippen LogP contribution is -2.03. The maximum atomic E-state index is 13.6. The van der Waals surface area contributed by atoms with Gasteiger partial charge in [0.15, 0.2) is 0 Å². The number of anilines is 1. The van der Waals surface area contributed by atoms with E-state index in [9.17, 15) is 9.18 Å². The number of hydrogen-bond donors (Lipinski definition) is 2. The van der Waals surface area contributed by atoms with Crippen molar-refractivity contribution in [3.8, 4) is 5.75 Å². The lowest BCUT2D eigenvalue weighted by Gasteiger charge is -2.09. The largest absolute Gasteiger partial charge is 0.497 e. The van der Waals surface area contributed by atoms with Gasteiger partial charge < -0.3 is 15.2 Å². The van der Waals surface area contributed by atoms with Gasteiger partial charge in [0.05, 0.1) is 18.4 Å². The van der Waals surface area contributed by atoms with E-state index in [0.717, 1.165) is 5.56 Å². The van der Waals surface area contributed by atoms with Gasteiger partial charge in [-0.3, -0.25) is 0 Å². The predicted molar refractivity (Wildman–Crippen MR) is 73.7 cm³/mol. The first-order valence-electron chi connectivity index (χ1n) is 6.00. The number of aromatic carboxylic acids is 1. The number of rotatable bonds is 5. The fourth-order valence-corrected chi connectivity index (χ4v) is 1.73. The van der Waals surface area contributed by atoms with Crippen LogP contribution in [0.4, 0.5) is 10.1 Å². The Hall–Kier alpha value is -2.56. The Kier molecular flexibility index (Phi) is 4.20. The van der Waals surface area contributed by atoms with Crippen molar-refractivity contribution in [3.05, 3.63) is 59.4 Å². The molecule has 2 aromatic carbocycles. The summed E-state index contributed by atoms with van der Waals surface area (Å²) in [6, 6.07) is 10.9. The van der Waals surface area contributed by atoms with Crippen LogP contribution in [0, 0.1) is 5.82 Å². The Morgan fingerprint density at radius 2 is 1.95 bits per heavy atom. The van der Waals surface area contributed by atoms with Gasteiger partial charge in [-0.05, 0) is 29.8 Å². The zero-order valence-corrected chi connectivity index (χ0v) is 10.9. The highest BCUT2D eigenvalue weighted by atomic mass is 19.1. The zero-order chi connectivity index (χ0) is 14.5. The van der Waals surface area contributed by atoms with E-state index in [2.05, 4.69) is 5.32 Å². The van der Waals surface area contributed by atoms with Crippen molar-refractivity contribution in [1.82, 2.24) is 0 Å². The van der Waals surface area contributed by atoms with Crippen LogP contribution in [-0.2, 0) is 6.54 Å². The average molecular weight is 275 g/mol. The number of carboxylic acid groups (broad SMARTS) is 1. The first-order valence-corrected chi connectivity index (χ1v) is 6.00. The minimum absolute atomic E-state index is 0.223. The van der Waals surface area contributed by atoms with Crippen molar-refractivity contribution >= 4 is 11.7 Å². The molecule has 0 aliphatic heterocycles. The van der Waals surface area contributed by atoms with Gasteiger partial charge in [-0.15, -0.1) is 0 Å². The van der Waals surface area contributed by atoms with Crippen LogP contribution in [-0.4, -0.2) is 18.2 Å². The van der Waals surface area contributed by atoms with Crippen LogP contribution in [0.25, 0.3) is 0 Å². The second kappa shape index (κ2) is 6.06. The van der Waals surface area contributed by atoms with Crippen LogP contribution < -0.4 is 10.1 Å². The monoisotopic (exact) mass is 275 g/mol. The molecule has 0 bridgehead atoms. The van der Waals surface area contributed by atoms with Crippen LogP contribution in [0.1, 0.15) is 15.9 Å². The van der Waals surface area contributed by atoms with E-state index in [0.29, 0.717) is 18.0 Å². The summed E-state index contributed by atoms with van der Waals surface area (Å²) >= 11 is 0. The number of ether oxygens (including phenoxy) is 1. The molecular formula is C15H14FNO3. The predicted octanol–water partition coefficient (Wildman–Crippen LogP) is 3.14. The average Bonchev–Trinajstić information content (AvgIpc) is 2.47. The number of methoxy groups -OCH3 is 1. The highest BCUT2D eigenvalue weighted by molar-refractivity contribution is 5.87. The molecule has 2 aromatic rings. The summed E-state index contributed by atoms with van der Waals surface area (Å²) in [5.41, 5.74) is 1.42. The van der Waals surface area contributed by atoms with E-state index < -0.39 is 5.97 Å². The zero-order valence-electron chi connectivity index (χ0n) is 10.9. The van der Waals surface area contributed by atoms with Crippen molar-refractivity contribution in [3.63, 3.8) is 0 Å². The Balaban J connectivity index is 2.06. The van der Waals surface area contributed by atoms with E-state index in [1.165, 1.54) is 25.3 Å². The summed E-state index contributed by atoms with van der Waals surface area (Å²) < 4.78 is 18.6. The van der Waals surface area contributed by atoms with Gasteiger partial charge >= 0.3 is 5.97 Å². The van der Waals surface area contributed by atoms with E-state index >= 15 is 0 Å². The molecule has 20 heavy (non-hydrogen) atoms.